The molecule has 0 spiro atoms. The fourth-order valence-electron chi connectivity index (χ4n) is 1.88. The van der Waals surface area contributed by atoms with Gasteiger partial charge in [0.15, 0.2) is 0 Å². The van der Waals surface area contributed by atoms with E-state index in [4.69, 9.17) is 10.00 Å². The van der Waals surface area contributed by atoms with Gasteiger partial charge in [0.05, 0.1) is 6.07 Å². The molecule has 0 radical (unpaired) electrons. The van der Waals surface area contributed by atoms with E-state index in [1.807, 2.05) is 26.0 Å². The fourth-order valence-corrected chi connectivity index (χ4v) is 1.88. The van der Waals surface area contributed by atoms with E-state index in [1.165, 1.54) is 18.9 Å². The molecule has 0 bridgehead atoms. The Balaban J connectivity index is 0.000000622. The molecule has 4 nitrogen and oxygen atoms in total. The zero-order valence-corrected chi connectivity index (χ0v) is 16.3. The zero-order valence-electron chi connectivity index (χ0n) is 14.3. The van der Waals surface area contributed by atoms with Gasteiger partial charge in [-0.15, -0.1) is 0 Å². The maximum absolute atomic E-state index is 9.88. The third-order valence-corrected chi connectivity index (χ3v) is 3.17. The number of aromatic nitrogens is 1. The van der Waals surface area contributed by atoms with E-state index in [0.717, 1.165) is 24.6 Å². The van der Waals surface area contributed by atoms with Crippen LogP contribution in [0.25, 0.3) is 5.41 Å². The molecule has 114 valence electrons. The zero-order chi connectivity index (χ0) is 15.9. The fraction of sp³-hybridized carbons (Fsp3) is 0.529. The van der Waals surface area contributed by atoms with Crippen LogP contribution in [0.5, 0.6) is 0 Å². The first-order valence-electron chi connectivity index (χ1n) is 7.18. The van der Waals surface area contributed by atoms with E-state index in [1.54, 1.807) is 18.4 Å². The van der Waals surface area contributed by atoms with Gasteiger partial charge >= 0.3 is 29.6 Å². The number of nitrogens with zero attached hydrogens (tertiary/aromatic N) is 3. The topological polar surface area (TPSA) is 60.2 Å². The van der Waals surface area contributed by atoms with Gasteiger partial charge in [0.2, 0.25) is 0 Å². The van der Waals surface area contributed by atoms with Crippen molar-refractivity contribution in [3.8, 4) is 6.07 Å². The number of allylic oxidation sites excluding steroid dienone is 2. The number of rotatable bonds is 2. The predicted molar refractivity (Wildman–Crippen MR) is 84.9 cm³/mol. The summed E-state index contributed by atoms with van der Waals surface area (Å²) in [5.41, 5.74) is 1.20. The molecule has 0 atom stereocenters. The van der Waals surface area contributed by atoms with Crippen molar-refractivity contribution < 1.29 is 34.3 Å². The van der Waals surface area contributed by atoms with Crippen LogP contribution in [-0.4, -0.2) is 23.6 Å². The average molecular weight is 308 g/mol. The van der Waals surface area contributed by atoms with Crippen molar-refractivity contribution in [1.82, 2.24) is 4.57 Å². The van der Waals surface area contributed by atoms with Gasteiger partial charge in [0, 0.05) is 13.2 Å². The quantitative estimate of drug-likeness (QED) is 0.348. The number of ether oxygens (including phenoxy) is 1. The maximum atomic E-state index is 9.88. The molecule has 1 aliphatic rings. The molecule has 0 amide bonds. The second-order valence-electron chi connectivity index (χ2n) is 5.65. The van der Waals surface area contributed by atoms with Crippen LogP contribution in [-0.2, 0) is 4.74 Å². The molecule has 0 unspecified atom stereocenters. The Morgan fingerprint density at radius 2 is 1.82 bits per heavy atom. The third-order valence-electron chi connectivity index (χ3n) is 3.17. The maximum Gasteiger partial charge on any atom is 1.00 e. The first-order chi connectivity index (χ1) is 9.87. The summed E-state index contributed by atoms with van der Waals surface area (Å²) < 4.78 is 6.65. The summed E-state index contributed by atoms with van der Waals surface area (Å²) in [6.07, 6.45) is 6.86. The van der Waals surface area contributed by atoms with Crippen LogP contribution in [0.1, 0.15) is 38.1 Å². The molecule has 22 heavy (non-hydrogen) atoms. The van der Waals surface area contributed by atoms with Crippen LogP contribution >= 0.6 is 0 Å². The summed E-state index contributed by atoms with van der Waals surface area (Å²) in [6.45, 7) is 9.30. The summed E-state index contributed by atoms with van der Waals surface area (Å²) >= 11 is 0. The minimum absolute atomic E-state index is 0. The van der Waals surface area contributed by atoms with Gasteiger partial charge in [-0.05, 0) is 32.1 Å². The second-order valence-corrected chi connectivity index (χ2v) is 5.65. The van der Waals surface area contributed by atoms with E-state index in [-0.39, 0.29) is 35.4 Å². The molecule has 0 saturated carbocycles. The van der Waals surface area contributed by atoms with E-state index >= 15 is 0 Å². The Labute approximate surface area is 156 Å². The summed E-state index contributed by atoms with van der Waals surface area (Å²) in [5, 5.41) is 18.7. The first kappa shape index (κ1) is 21.1. The molecule has 2 rings (SSSR count). The molecule has 1 fully saturated rings. The van der Waals surface area contributed by atoms with Crippen molar-refractivity contribution in [3.63, 3.8) is 0 Å². The smallest absolute Gasteiger partial charge is 0.577 e. The van der Waals surface area contributed by atoms with Gasteiger partial charge in [-0.3, -0.25) is 6.08 Å². The number of aryl methyl sites for hydroxylation is 2. The van der Waals surface area contributed by atoms with E-state index < -0.39 is 5.41 Å². The van der Waals surface area contributed by atoms with Gasteiger partial charge in [-0.1, -0.05) is 37.4 Å². The minimum atomic E-state index is -0.692. The van der Waals surface area contributed by atoms with Crippen LogP contribution < -0.4 is 29.6 Å². The molecule has 0 aliphatic carbocycles. The van der Waals surface area contributed by atoms with Gasteiger partial charge in [0.1, 0.15) is 0 Å². The molecule has 1 saturated heterocycles. The van der Waals surface area contributed by atoms with Crippen molar-refractivity contribution >= 4 is 5.84 Å². The van der Waals surface area contributed by atoms with Crippen molar-refractivity contribution in [1.29, 1.82) is 5.26 Å². The van der Waals surface area contributed by atoms with Crippen molar-refractivity contribution in [2.24, 2.45) is 5.41 Å². The normalized spacial score (nSPS) is 14.0. The largest absolute Gasteiger partial charge is 1.00 e. The Morgan fingerprint density at radius 1 is 1.32 bits per heavy atom. The molecular weight excluding hydrogens is 285 g/mol. The molecule has 0 N–H and O–H groups in total. The van der Waals surface area contributed by atoms with Crippen LogP contribution in [0.4, 0.5) is 0 Å². The monoisotopic (exact) mass is 308 g/mol. The summed E-state index contributed by atoms with van der Waals surface area (Å²) in [5.74, 6) is 0.0864. The van der Waals surface area contributed by atoms with E-state index in [0.29, 0.717) is 0 Å². The Morgan fingerprint density at radius 3 is 2.18 bits per heavy atom. The molecule has 5 heteroatoms. The first-order valence-corrected chi connectivity index (χ1v) is 7.18. The molecule has 1 aliphatic heterocycles. The summed E-state index contributed by atoms with van der Waals surface area (Å²) in [6, 6.07) is 5.95. The van der Waals surface area contributed by atoms with Crippen LogP contribution in [0.2, 0.25) is 0 Å². The van der Waals surface area contributed by atoms with Crippen LogP contribution in [0.15, 0.2) is 18.2 Å². The minimum Gasteiger partial charge on any atom is -0.577 e. The number of hydrogen-bond donors (Lipinski definition) is 0. The number of hydrogen-bond acceptors (Lipinski definition) is 2. The van der Waals surface area contributed by atoms with Gasteiger partial charge < -0.3 is 14.7 Å². The van der Waals surface area contributed by atoms with E-state index in [2.05, 4.69) is 12.1 Å². The van der Waals surface area contributed by atoms with Gasteiger partial charge in [0.25, 0.3) is 0 Å². The Bertz CT molecular complexity index is 522. The summed E-state index contributed by atoms with van der Waals surface area (Å²) in [4.78, 5) is 0. The standard InChI is InChI=1S/C13H15N3.C4H8O.Na/c1-10-5-6-11(2)16(10)12(15)7-8-13(3,4)9-14;1-2-4-5-3-1;/h5-7H,1-4H3;1-4H2;/q-2;;+1. The Hall–Kier alpha value is -0.860. The number of nitriles is 1. The van der Waals surface area contributed by atoms with Gasteiger partial charge in [-0.2, -0.15) is 5.26 Å². The van der Waals surface area contributed by atoms with Gasteiger partial charge in [-0.25, -0.2) is 11.9 Å². The van der Waals surface area contributed by atoms with E-state index in [9.17, 15) is 5.41 Å². The SMILES string of the molecule is C1CCOC1.Cc1ccc(C)n1C(=[N-])C=[C-]C(C)(C)C#N.[Na+]. The average Bonchev–Trinajstić information content (AvgIpc) is 3.11. The van der Waals surface area contributed by atoms with Crippen molar-refractivity contribution in [3.05, 3.63) is 41.1 Å². The molecule has 0 aromatic carbocycles. The molecule has 1 aromatic heterocycles. The predicted octanol–water partition coefficient (Wildman–Crippen LogP) is 0.631. The van der Waals surface area contributed by atoms with Crippen molar-refractivity contribution in [2.75, 3.05) is 13.2 Å². The molecular formula is C17H23N3NaO-. The van der Waals surface area contributed by atoms with Crippen LogP contribution in [0, 0.1) is 36.7 Å². The molecule has 1 aromatic rings. The second kappa shape index (κ2) is 10.0. The summed E-state index contributed by atoms with van der Waals surface area (Å²) in [7, 11) is 0. The third kappa shape index (κ3) is 6.93. The van der Waals surface area contributed by atoms with Crippen LogP contribution in [0.3, 0.4) is 0 Å². The van der Waals surface area contributed by atoms with Crippen molar-refractivity contribution in [2.45, 2.75) is 40.5 Å². The molecule has 2 heterocycles. The Kier molecular flexibility index (Phi) is 9.63.